The molecule has 0 aromatic heterocycles. The summed E-state index contributed by atoms with van der Waals surface area (Å²) in [6.07, 6.45) is 0. The molecule has 1 unspecified atom stereocenters. The minimum atomic E-state index is -0.179. The van der Waals surface area contributed by atoms with E-state index in [0.29, 0.717) is 12.1 Å². The number of rotatable bonds is 4. The largest absolute Gasteiger partial charge is 0.394 e. The molecule has 88 valence electrons. The number of carbonyl (C=O) groups excluding carboxylic acids is 1. The minimum absolute atomic E-state index is 0.0386. The Morgan fingerprint density at radius 3 is 2.44 bits per heavy atom. The molecule has 4 nitrogen and oxygen atoms in total. The average molecular weight is 222 g/mol. The maximum absolute atomic E-state index is 11.9. The van der Waals surface area contributed by atoms with E-state index in [9.17, 15) is 4.79 Å². The number of hydrogen-bond donors (Lipinski definition) is 2. The molecule has 16 heavy (non-hydrogen) atoms. The van der Waals surface area contributed by atoms with Crippen LogP contribution in [0.2, 0.25) is 0 Å². The van der Waals surface area contributed by atoms with Crippen LogP contribution in [0.1, 0.15) is 22.8 Å². The Kier molecular flexibility index (Phi) is 4.46. The Morgan fingerprint density at radius 2 is 2.00 bits per heavy atom. The van der Waals surface area contributed by atoms with Gasteiger partial charge in [-0.3, -0.25) is 4.79 Å². The first-order chi connectivity index (χ1) is 7.60. The summed E-state index contributed by atoms with van der Waals surface area (Å²) in [5.74, 6) is -0.0925. The molecule has 0 bridgehead atoms. The van der Waals surface area contributed by atoms with Crippen LogP contribution in [0.3, 0.4) is 0 Å². The van der Waals surface area contributed by atoms with Crippen molar-refractivity contribution in [2.45, 2.75) is 19.5 Å². The fraction of sp³-hybridized carbons (Fsp3) is 0.417. The van der Waals surface area contributed by atoms with Crippen molar-refractivity contribution in [2.24, 2.45) is 5.73 Å². The molecule has 1 aromatic rings. The summed E-state index contributed by atoms with van der Waals surface area (Å²) in [4.78, 5) is 13.5. The van der Waals surface area contributed by atoms with Gasteiger partial charge in [0.1, 0.15) is 0 Å². The lowest BCUT2D eigenvalue weighted by atomic mass is 10.1. The highest BCUT2D eigenvalue weighted by Crippen LogP contribution is 2.08. The standard InChI is InChI=1S/C12H18N2O2/c1-9(8-15)14(2)12(16)11-5-3-10(7-13)4-6-11/h3-6,9,15H,7-8,13H2,1-2H3. The molecule has 0 fully saturated rings. The van der Waals surface area contributed by atoms with Gasteiger partial charge < -0.3 is 15.7 Å². The molecule has 0 aliphatic carbocycles. The van der Waals surface area contributed by atoms with Gasteiger partial charge in [0.15, 0.2) is 0 Å². The number of likely N-dealkylation sites (N-methyl/N-ethyl adjacent to an activating group) is 1. The monoisotopic (exact) mass is 222 g/mol. The second-order valence-electron chi connectivity index (χ2n) is 3.85. The van der Waals surface area contributed by atoms with Gasteiger partial charge >= 0.3 is 0 Å². The zero-order valence-electron chi connectivity index (χ0n) is 9.68. The summed E-state index contributed by atoms with van der Waals surface area (Å²) in [5, 5.41) is 8.97. The first-order valence-electron chi connectivity index (χ1n) is 5.27. The lowest BCUT2D eigenvalue weighted by Gasteiger charge is -2.23. The van der Waals surface area contributed by atoms with Gasteiger partial charge in [-0.15, -0.1) is 0 Å². The van der Waals surface area contributed by atoms with Crippen LogP contribution in [0.5, 0.6) is 0 Å². The van der Waals surface area contributed by atoms with Crippen molar-refractivity contribution >= 4 is 5.91 Å². The van der Waals surface area contributed by atoms with Crippen LogP contribution in [0.4, 0.5) is 0 Å². The number of benzene rings is 1. The van der Waals surface area contributed by atoms with Gasteiger partial charge in [-0.05, 0) is 24.6 Å². The van der Waals surface area contributed by atoms with Crippen LogP contribution in [0.25, 0.3) is 0 Å². The first kappa shape index (κ1) is 12.7. The van der Waals surface area contributed by atoms with Crippen molar-refractivity contribution in [3.63, 3.8) is 0 Å². The van der Waals surface area contributed by atoms with Crippen LogP contribution >= 0.6 is 0 Å². The van der Waals surface area contributed by atoms with Gasteiger partial charge in [0, 0.05) is 19.2 Å². The fourth-order valence-electron chi connectivity index (χ4n) is 1.31. The molecule has 3 N–H and O–H groups in total. The van der Waals surface area contributed by atoms with Crippen molar-refractivity contribution in [1.82, 2.24) is 4.90 Å². The Morgan fingerprint density at radius 1 is 1.44 bits per heavy atom. The highest BCUT2D eigenvalue weighted by Gasteiger charge is 2.16. The fourth-order valence-corrected chi connectivity index (χ4v) is 1.31. The summed E-state index contributed by atoms with van der Waals surface area (Å²) >= 11 is 0. The zero-order chi connectivity index (χ0) is 12.1. The molecule has 0 radical (unpaired) electrons. The normalized spacial score (nSPS) is 12.2. The van der Waals surface area contributed by atoms with Gasteiger partial charge in [-0.1, -0.05) is 12.1 Å². The summed E-state index contributed by atoms with van der Waals surface area (Å²) in [5.41, 5.74) is 7.08. The third-order valence-corrected chi connectivity index (χ3v) is 2.68. The van der Waals surface area contributed by atoms with Gasteiger partial charge in [0.2, 0.25) is 0 Å². The predicted molar refractivity (Wildman–Crippen MR) is 63.0 cm³/mol. The molecule has 0 aliphatic rings. The number of carbonyl (C=O) groups is 1. The lowest BCUT2D eigenvalue weighted by Crippen LogP contribution is -2.37. The molecule has 1 atom stereocenters. The molecule has 0 spiro atoms. The minimum Gasteiger partial charge on any atom is -0.394 e. The molecule has 4 heteroatoms. The molecule has 1 aromatic carbocycles. The highest BCUT2D eigenvalue weighted by molar-refractivity contribution is 5.94. The van der Waals surface area contributed by atoms with E-state index in [1.807, 2.05) is 12.1 Å². The van der Waals surface area contributed by atoms with Crippen molar-refractivity contribution in [2.75, 3.05) is 13.7 Å². The Labute approximate surface area is 95.7 Å². The number of aliphatic hydroxyl groups excluding tert-OH is 1. The van der Waals surface area contributed by atoms with E-state index >= 15 is 0 Å². The van der Waals surface area contributed by atoms with Gasteiger partial charge in [-0.2, -0.15) is 0 Å². The first-order valence-corrected chi connectivity index (χ1v) is 5.27. The smallest absolute Gasteiger partial charge is 0.253 e. The molecule has 1 rings (SSSR count). The molecule has 0 aliphatic heterocycles. The molecular formula is C12H18N2O2. The van der Waals surface area contributed by atoms with Crippen molar-refractivity contribution in [3.05, 3.63) is 35.4 Å². The van der Waals surface area contributed by atoms with Crippen LogP contribution in [0, 0.1) is 0 Å². The van der Waals surface area contributed by atoms with Gasteiger partial charge in [0.05, 0.1) is 12.6 Å². The van der Waals surface area contributed by atoms with E-state index in [-0.39, 0.29) is 18.6 Å². The maximum Gasteiger partial charge on any atom is 0.253 e. The molecule has 0 saturated heterocycles. The Balaban J connectivity index is 2.80. The molecule has 1 amide bonds. The SMILES string of the molecule is CC(CO)N(C)C(=O)c1ccc(CN)cc1. The van der Waals surface area contributed by atoms with Crippen molar-refractivity contribution in [3.8, 4) is 0 Å². The van der Waals surface area contributed by atoms with E-state index in [4.69, 9.17) is 10.8 Å². The zero-order valence-corrected chi connectivity index (χ0v) is 9.68. The Bertz CT molecular complexity index is 349. The number of amides is 1. The summed E-state index contributed by atoms with van der Waals surface area (Å²) in [6, 6.07) is 7.01. The van der Waals surface area contributed by atoms with E-state index in [1.165, 1.54) is 4.90 Å². The molecular weight excluding hydrogens is 204 g/mol. The van der Waals surface area contributed by atoms with E-state index in [0.717, 1.165) is 5.56 Å². The summed E-state index contributed by atoms with van der Waals surface area (Å²) < 4.78 is 0. The molecule has 0 heterocycles. The van der Waals surface area contributed by atoms with E-state index in [1.54, 1.807) is 26.1 Å². The lowest BCUT2D eigenvalue weighted by molar-refractivity contribution is 0.0682. The maximum atomic E-state index is 11.9. The van der Waals surface area contributed by atoms with E-state index < -0.39 is 0 Å². The predicted octanol–water partition coefficient (Wildman–Crippen LogP) is 0.598. The third kappa shape index (κ3) is 2.81. The Hall–Kier alpha value is -1.39. The van der Waals surface area contributed by atoms with Crippen molar-refractivity contribution < 1.29 is 9.90 Å². The van der Waals surface area contributed by atoms with Crippen LogP contribution < -0.4 is 5.73 Å². The van der Waals surface area contributed by atoms with Gasteiger partial charge in [-0.25, -0.2) is 0 Å². The van der Waals surface area contributed by atoms with Crippen LogP contribution in [0.15, 0.2) is 24.3 Å². The summed E-state index contributed by atoms with van der Waals surface area (Å²) in [6.45, 7) is 2.23. The number of nitrogens with two attached hydrogens (primary N) is 1. The highest BCUT2D eigenvalue weighted by atomic mass is 16.3. The molecule has 0 saturated carbocycles. The van der Waals surface area contributed by atoms with Crippen LogP contribution in [-0.4, -0.2) is 35.6 Å². The number of nitrogens with zero attached hydrogens (tertiary/aromatic N) is 1. The average Bonchev–Trinajstić information content (AvgIpc) is 2.36. The third-order valence-electron chi connectivity index (χ3n) is 2.68. The number of hydrogen-bond acceptors (Lipinski definition) is 3. The summed E-state index contributed by atoms with van der Waals surface area (Å²) in [7, 11) is 1.68. The van der Waals surface area contributed by atoms with Crippen LogP contribution in [-0.2, 0) is 6.54 Å². The van der Waals surface area contributed by atoms with Crippen molar-refractivity contribution in [1.29, 1.82) is 0 Å². The van der Waals surface area contributed by atoms with E-state index in [2.05, 4.69) is 0 Å². The quantitative estimate of drug-likeness (QED) is 0.784. The topological polar surface area (TPSA) is 66.6 Å². The number of aliphatic hydroxyl groups is 1. The second-order valence-corrected chi connectivity index (χ2v) is 3.85. The second kappa shape index (κ2) is 5.63. The van der Waals surface area contributed by atoms with Gasteiger partial charge in [0.25, 0.3) is 5.91 Å².